The smallest absolute Gasteiger partial charge is 0.253 e. The fraction of sp³-hybridized carbons (Fsp3) is 0.300. The number of aromatic amines is 1. The number of carbonyl (C=O) groups is 1. The molecule has 1 aromatic heterocycles. The first-order chi connectivity index (χ1) is 11.9. The molecule has 0 atom stereocenters. The van der Waals surface area contributed by atoms with Crippen LogP contribution in [0, 0.1) is 13.8 Å². The number of aromatic nitrogens is 1. The van der Waals surface area contributed by atoms with Gasteiger partial charge in [-0.05, 0) is 50.2 Å². The Bertz CT molecular complexity index is 807. The minimum absolute atomic E-state index is 0.154. The molecular formula is C20H25N3O2. The average Bonchev–Trinajstić information content (AvgIpc) is 2.54. The van der Waals surface area contributed by atoms with Crippen LogP contribution >= 0.6 is 0 Å². The molecular weight excluding hydrogens is 314 g/mol. The Morgan fingerprint density at radius 3 is 2.56 bits per heavy atom. The molecule has 0 saturated heterocycles. The molecule has 0 aliphatic carbocycles. The molecule has 0 fully saturated rings. The lowest BCUT2D eigenvalue weighted by atomic mass is 10.1. The second kappa shape index (κ2) is 8.44. The lowest BCUT2D eigenvalue weighted by Gasteiger charge is -2.14. The summed E-state index contributed by atoms with van der Waals surface area (Å²) < 4.78 is 0. The Morgan fingerprint density at radius 1 is 1.28 bits per heavy atom. The Kier molecular flexibility index (Phi) is 6.31. The van der Waals surface area contributed by atoms with Crippen LogP contribution in [0.5, 0.6) is 0 Å². The van der Waals surface area contributed by atoms with E-state index in [2.05, 4.69) is 21.8 Å². The first-order valence-electron chi connectivity index (χ1n) is 8.26. The molecule has 0 spiro atoms. The molecule has 5 heteroatoms. The summed E-state index contributed by atoms with van der Waals surface area (Å²) >= 11 is 0. The standard InChI is InChI=1S/C20H25N3O2/c1-5-10-23(4)13-16-6-8-17(9-7-16)19(24)21-12-18-14(2)11-15(3)22-20(18)25/h5-9,11H,1,10,12-13H2,2-4H3,(H,21,24)(H,22,25). The number of benzene rings is 1. The van der Waals surface area contributed by atoms with Gasteiger partial charge in [-0.3, -0.25) is 14.5 Å². The van der Waals surface area contributed by atoms with E-state index in [1.807, 2.05) is 45.2 Å². The van der Waals surface area contributed by atoms with E-state index in [4.69, 9.17) is 0 Å². The van der Waals surface area contributed by atoms with Gasteiger partial charge < -0.3 is 10.3 Å². The van der Waals surface area contributed by atoms with Crippen molar-refractivity contribution in [2.75, 3.05) is 13.6 Å². The third-order valence-corrected chi connectivity index (χ3v) is 4.03. The van der Waals surface area contributed by atoms with Gasteiger partial charge in [0, 0.05) is 36.5 Å². The molecule has 132 valence electrons. The molecule has 0 aliphatic rings. The summed E-state index contributed by atoms with van der Waals surface area (Å²) in [7, 11) is 2.02. The summed E-state index contributed by atoms with van der Waals surface area (Å²) in [6.07, 6.45) is 1.86. The van der Waals surface area contributed by atoms with Crippen molar-refractivity contribution in [1.82, 2.24) is 15.2 Å². The Morgan fingerprint density at radius 2 is 1.96 bits per heavy atom. The zero-order chi connectivity index (χ0) is 18.4. The fourth-order valence-electron chi connectivity index (χ4n) is 2.73. The third kappa shape index (κ3) is 5.16. The first-order valence-corrected chi connectivity index (χ1v) is 8.26. The van der Waals surface area contributed by atoms with Crippen molar-refractivity contribution >= 4 is 5.91 Å². The van der Waals surface area contributed by atoms with Crippen molar-refractivity contribution in [1.29, 1.82) is 0 Å². The molecule has 0 bridgehead atoms. The summed E-state index contributed by atoms with van der Waals surface area (Å²) in [6, 6.07) is 9.39. The second-order valence-corrected chi connectivity index (χ2v) is 6.31. The van der Waals surface area contributed by atoms with Crippen LogP contribution in [0.2, 0.25) is 0 Å². The van der Waals surface area contributed by atoms with Crippen molar-refractivity contribution in [2.45, 2.75) is 26.9 Å². The van der Waals surface area contributed by atoms with Gasteiger partial charge in [0.15, 0.2) is 0 Å². The van der Waals surface area contributed by atoms with Crippen LogP contribution in [0.3, 0.4) is 0 Å². The maximum absolute atomic E-state index is 12.3. The molecule has 1 aromatic carbocycles. The average molecular weight is 339 g/mol. The van der Waals surface area contributed by atoms with Crippen molar-refractivity contribution in [3.05, 3.63) is 81.3 Å². The summed E-state index contributed by atoms with van der Waals surface area (Å²) in [5.41, 5.74) is 3.83. The third-order valence-electron chi connectivity index (χ3n) is 4.03. The van der Waals surface area contributed by atoms with Gasteiger partial charge >= 0.3 is 0 Å². The van der Waals surface area contributed by atoms with E-state index in [-0.39, 0.29) is 18.0 Å². The van der Waals surface area contributed by atoms with Crippen LogP contribution in [-0.2, 0) is 13.1 Å². The van der Waals surface area contributed by atoms with E-state index in [1.54, 1.807) is 12.1 Å². The molecule has 0 aliphatic heterocycles. The van der Waals surface area contributed by atoms with Gasteiger partial charge in [0.05, 0.1) is 0 Å². The van der Waals surface area contributed by atoms with E-state index < -0.39 is 0 Å². The number of carbonyl (C=O) groups excluding carboxylic acids is 1. The van der Waals surface area contributed by atoms with Crippen molar-refractivity contribution in [3.63, 3.8) is 0 Å². The van der Waals surface area contributed by atoms with Gasteiger partial charge in [-0.15, -0.1) is 6.58 Å². The number of nitrogens with one attached hydrogen (secondary N) is 2. The number of rotatable bonds is 7. The van der Waals surface area contributed by atoms with Crippen LogP contribution in [0.25, 0.3) is 0 Å². The Balaban J connectivity index is 2.00. The van der Waals surface area contributed by atoms with Crippen molar-refractivity contribution < 1.29 is 4.79 Å². The molecule has 0 saturated carbocycles. The number of hydrogen-bond donors (Lipinski definition) is 2. The number of aryl methyl sites for hydroxylation is 2. The molecule has 5 nitrogen and oxygen atoms in total. The summed E-state index contributed by atoms with van der Waals surface area (Å²) in [5, 5.41) is 2.81. The molecule has 0 unspecified atom stereocenters. The highest BCUT2D eigenvalue weighted by Crippen LogP contribution is 2.08. The van der Waals surface area contributed by atoms with Gasteiger partial charge in [-0.25, -0.2) is 0 Å². The van der Waals surface area contributed by atoms with E-state index in [0.29, 0.717) is 11.1 Å². The van der Waals surface area contributed by atoms with Crippen LogP contribution in [0.1, 0.15) is 32.7 Å². The van der Waals surface area contributed by atoms with Crippen LogP contribution < -0.4 is 10.9 Å². The predicted octanol–water partition coefficient (Wildman–Crippen LogP) is 2.54. The maximum atomic E-state index is 12.3. The largest absolute Gasteiger partial charge is 0.348 e. The van der Waals surface area contributed by atoms with E-state index >= 15 is 0 Å². The highest BCUT2D eigenvalue weighted by atomic mass is 16.1. The minimum Gasteiger partial charge on any atom is -0.348 e. The normalized spacial score (nSPS) is 10.7. The number of likely N-dealkylation sites (N-methyl/N-ethyl adjacent to an activating group) is 1. The number of amides is 1. The Labute approximate surface area is 148 Å². The van der Waals surface area contributed by atoms with Gasteiger partial charge in [-0.1, -0.05) is 18.2 Å². The second-order valence-electron chi connectivity index (χ2n) is 6.31. The van der Waals surface area contributed by atoms with Crippen molar-refractivity contribution in [3.8, 4) is 0 Å². The van der Waals surface area contributed by atoms with Gasteiger partial charge in [-0.2, -0.15) is 0 Å². The summed E-state index contributed by atoms with van der Waals surface area (Å²) in [5.74, 6) is -0.189. The van der Waals surface area contributed by atoms with E-state index in [0.717, 1.165) is 29.9 Å². The highest BCUT2D eigenvalue weighted by molar-refractivity contribution is 5.94. The first kappa shape index (κ1) is 18.7. The summed E-state index contributed by atoms with van der Waals surface area (Å²) in [4.78, 5) is 29.2. The monoisotopic (exact) mass is 339 g/mol. The van der Waals surface area contributed by atoms with Crippen LogP contribution in [0.4, 0.5) is 0 Å². The number of hydrogen-bond acceptors (Lipinski definition) is 3. The SMILES string of the molecule is C=CCN(C)Cc1ccc(C(=O)NCc2c(C)cc(C)[nH]c2=O)cc1. The number of pyridine rings is 1. The quantitative estimate of drug-likeness (QED) is 0.762. The zero-order valence-electron chi connectivity index (χ0n) is 15.1. The topological polar surface area (TPSA) is 65.2 Å². The molecule has 1 heterocycles. The highest BCUT2D eigenvalue weighted by Gasteiger charge is 2.09. The summed E-state index contributed by atoms with van der Waals surface area (Å²) in [6.45, 7) is 9.26. The van der Waals surface area contributed by atoms with E-state index in [1.165, 1.54) is 0 Å². The molecule has 0 radical (unpaired) electrons. The van der Waals surface area contributed by atoms with Gasteiger partial charge in [0.25, 0.3) is 11.5 Å². The zero-order valence-corrected chi connectivity index (χ0v) is 15.1. The molecule has 1 amide bonds. The number of nitrogens with zero attached hydrogens (tertiary/aromatic N) is 1. The van der Waals surface area contributed by atoms with Crippen LogP contribution in [-0.4, -0.2) is 29.4 Å². The minimum atomic E-state index is -0.189. The van der Waals surface area contributed by atoms with Gasteiger partial charge in [0.1, 0.15) is 0 Å². The van der Waals surface area contributed by atoms with E-state index in [9.17, 15) is 9.59 Å². The molecule has 25 heavy (non-hydrogen) atoms. The lowest BCUT2D eigenvalue weighted by molar-refractivity contribution is 0.0950. The van der Waals surface area contributed by atoms with Gasteiger partial charge in [0.2, 0.25) is 0 Å². The molecule has 2 N–H and O–H groups in total. The van der Waals surface area contributed by atoms with Crippen molar-refractivity contribution in [2.24, 2.45) is 0 Å². The maximum Gasteiger partial charge on any atom is 0.253 e. The predicted molar refractivity (Wildman–Crippen MR) is 101 cm³/mol. The fourth-order valence-corrected chi connectivity index (χ4v) is 2.73. The molecule has 2 aromatic rings. The number of H-pyrrole nitrogens is 1. The van der Waals surface area contributed by atoms with Crippen LogP contribution in [0.15, 0.2) is 47.8 Å². The molecule has 2 rings (SSSR count). The lowest BCUT2D eigenvalue weighted by Crippen LogP contribution is -2.28. The Hall–Kier alpha value is -2.66.